The minimum absolute atomic E-state index is 0.626. The van der Waals surface area contributed by atoms with E-state index in [1.54, 1.807) is 7.05 Å². The molecule has 0 aromatic heterocycles. The summed E-state index contributed by atoms with van der Waals surface area (Å²) in [6.45, 7) is 0. The fraction of sp³-hybridized carbons (Fsp3) is 0.300. The normalized spacial score (nSPS) is 9.36. The molecule has 0 heterocycles. The number of rotatable bonds is 2. The van der Waals surface area contributed by atoms with E-state index in [0.717, 1.165) is 11.4 Å². The molecule has 0 fully saturated rings. The van der Waals surface area contributed by atoms with Crippen molar-refractivity contribution in [2.75, 3.05) is 31.4 Å². The van der Waals surface area contributed by atoms with E-state index < -0.39 is 0 Å². The van der Waals surface area contributed by atoms with Gasteiger partial charge in [0.05, 0.1) is 0 Å². The largest absolute Gasteiger partial charge is 0.378 e. The summed E-state index contributed by atoms with van der Waals surface area (Å²) in [6, 6.07) is 8.07. The Morgan fingerprint density at radius 1 is 1.36 bits per heavy atom. The van der Waals surface area contributed by atoms with Gasteiger partial charge in [-0.2, -0.15) is 0 Å². The molecule has 0 aliphatic carbocycles. The molecule has 0 radical (unpaired) electrons. The van der Waals surface area contributed by atoms with Crippen LogP contribution in [0.3, 0.4) is 0 Å². The van der Waals surface area contributed by atoms with Gasteiger partial charge < -0.3 is 15.5 Å². The summed E-state index contributed by atoms with van der Waals surface area (Å²) in [5, 5.41) is 6.58. The highest BCUT2D eigenvalue weighted by molar-refractivity contribution is 7.80. The van der Waals surface area contributed by atoms with Gasteiger partial charge in [0.25, 0.3) is 0 Å². The maximum atomic E-state index is 5.01. The molecule has 0 amide bonds. The van der Waals surface area contributed by atoms with Gasteiger partial charge in [-0.1, -0.05) is 6.07 Å². The van der Waals surface area contributed by atoms with Crippen LogP contribution in [0, 0.1) is 0 Å². The topological polar surface area (TPSA) is 27.3 Å². The van der Waals surface area contributed by atoms with Gasteiger partial charge in [-0.05, 0) is 30.4 Å². The maximum absolute atomic E-state index is 5.01. The Balaban J connectivity index is 2.78. The van der Waals surface area contributed by atoms with Gasteiger partial charge in [0.2, 0.25) is 0 Å². The van der Waals surface area contributed by atoms with Crippen LogP contribution < -0.4 is 15.5 Å². The lowest BCUT2D eigenvalue weighted by Gasteiger charge is -2.14. The summed E-state index contributed by atoms with van der Waals surface area (Å²) in [5.41, 5.74) is 2.14. The summed E-state index contributed by atoms with van der Waals surface area (Å²) in [6.07, 6.45) is 0. The van der Waals surface area contributed by atoms with Crippen molar-refractivity contribution in [1.82, 2.24) is 5.32 Å². The van der Waals surface area contributed by atoms with Crippen molar-refractivity contribution in [2.24, 2.45) is 0 Å². The third kappa shape index (κ3) is 2.88. The van der Waals surface area contributed by atoms with Gasteiger partial charge in [-0.3, -0.25) is 0 Å². The van der Waals surface area contributed by atoms with Crippen LogP contribution in [-0.2, 0) is 0 Å². The zero-order valence-electron chi connectivity index (χ0n) is 8.66. The third-order valence-electron chi connectivity index (χ3n) is 1.85. The van der Waals surface area contributed by atoms with Crippen molar-refractivity contribution in [3.8, 4) is 0 Å². The molecule has 0 spiro atoms. The minimum Gasteiger partial charge on any atom is -0.378 e. The van der Waals surface area contributed by atoms with Gasteiger partial charge >= 0.3 is 0 Å². The number of hydrogen-bond donors (Lipinski definition) is 2. The number of nitrogens with one attached hydrogen (secondary N) is 2. The minimum atomic E-state index is 0.626. The molecule has 1 rings (SSSR count). The zero-order chi connectivity index (χ0) is 10.6. The Kier molecular flexibility index (Phi) is 3.71. The van der Waals surface area contributed by atoms with Crippen molar-refractivity contribution >= 4 is 28.7 Å². The van der Waals surface area contributed by atoms with Crippen molar-refractivity contribution in [2.45, 2.75) is 0 Å². The number of hydrogen-bond acceptors (Lipinski definition) is 2. The van der Waals surface area contributed by atoms with Gasteiger partial charge in [0, 0.05) is 32.5 Å². The number of benzene rings is 1. The van der Waals surface area contributed by atoms with E-state index in [1.165, 1.54) is 0 Å². The summed E-state index contributed by atoms with van der Waals surface area (Å²) in [5.74, 6) is 0. The molecule has 0 saturated heterocycles. The summed E-state index contributed by atoms with van der Waals surface area (Å²) in [7, 11) is 5.82. The molecule has 0 saturated carbocycles. The van der Waals surface area contributed by atoms with Gasteiger partial charge in [0.15, 0.2) is 5.11 Å². The summed E-state index contributed by atoms with van der Waals surface area (Å²) in [4.78, 5) is 2.05. The van der Waals surface area contributed by atoms with E-state index in [0.29, 0.717) is 5.11 Å². The van der Waals surface area contributed by atoms with Gasteiger partial charge in [0.1, 0.15) is 0 Å². The lowest BCUT2D eigenvalue weighted by Crippen LogP contribution is -2.24. The first-order valence-electron chi connectivity index (χ1n) is 4.39. The molecule has 0 aliphatic rings. The van der Waals surface area contributed by atoms with E-state index in [2.05, 4.69) is 10.6 Å². The molecule has 76 valence electrons. The number of thiocarbonyl (C=S) groups is 1. The molecule has 0 bridgehead atoms. The molecule has 4 heteroatoms. The maximum Gasteiger partial charge on any atom is 0.170 e. The van der Waals surface area contributed by atoms with Crippen LogP contribution in [0.4, 0.5) is 11.4 Å². The monoisotopic (exact) mass is 209 g/mol. The van der Waals surface area contributed by atoms with Gasteiger partial charge in [-0.25, -0.2) is 0 Å². The smallest absolute Gasteiger partial charge is 0.170 e. The first-order chi connectivity index (χ1) is 6.63. The molecular weight excluding hydrogens is 194 g/mol. The van der Waals surface area contributed by atoms with Crippen LogP contribution in [-0.4, -0.2) is 26.3 Å². The van der Waals surface area contributed by atoms with E-state index in [-0.39, 0.29) is 0 Å². The highest BCUT2D eigenvalue weighted by Gasteiger charge is 1.98. The Morgan fingerprint density at radius 2 is 2.07 bits per heavy atom. The molecule has 0 unspecified atom stereocenters. The number of anilines is 2. The molecule has 0 atom stereocenters. The van der Waals surface area contributed by atoms with Crippen LogP contribution in [0.2, 0.25) is 0 Å². The van der Waals surface area contributed by atoms with Crippen LogP contribution in [0.1, 0.15) is 0 Å². The lowest BCUT2D eigenvalue weighted by molar-refractivity contribution is 1.13. The van der Waals surface area contributed by atoms with Crippen molar-refractivity contribution in [3.05, 3.63) is 24.3 Å². The van der Waals surface area contributed by atoms with Crippen molar-refractivity contribution in [1.29, 1.82) is 0 Å². The van der Waals surface area contributed by atoms with Crippen molar-refractivity contribution in [3.63, 3.8) is 0 Å². The highest BCUT2D eigenvalue weighted by atomic mass is 32.1. The fourth-order valence-electron chi connectivity index (χ4n) is 1.06. The quantitative estimate of drug-likeness (QED) is 0.725. The molecular formula is C10H15N3S. The zero-order valence-corrected chi connectivity index (χ0v) is 9.48. The Bertz CT molecular complexity index is 323. The summed E-state index contributed by atoms with van der Waals surface area (Å²) < 4.78 is 0. The Morgan fingerprint density at radius 3 is 2.64 bits per heavy atom. The summed E-state index contributed by atoms with van der Waals surface area (Å²) >= 11 is 5.01. The fourth-order valence-corrected chi connectivity index (χ4v) is 1.17. The first kappa shape index (κ1) is 10.8. The molecule has 3 nitrogen and oxygen atoms in total. The second kappa shape index (κ2) is 4.81. The predicted molar refractivity (Wildman–Crippen MR) is 66.0 cm³/mol. The second-order valence-corrected chi connectivity index (χ2v) is 3.56. The van der Waals surface area contributed by atoms with Crippen LogP contribution in [0.25, 0.3) is 0 Å². The lowest BCUT2D eigenvalue weighted by atomic mass is 10.2. The van der Waals surface area contributed by atoms with E-state index in [9.17, 15) is 0 Å². The van der Waals surface area contributed by atoms with E-state index in [1.807, 2.05) is 43.3 Å². The van der Waals surface area contributed by atoms with E-state index in [4.69, 9.17) is 12.2 Å². The molecule has 14 heavy (non-hydrogen) atoms. The third-order valence-corrected chi connectivity index (χ3v) is 2.15. The first-order valence-corrected chi connectivity index (χ1v) is 4.80. The molecule has 1 aromatic rings. The van der Waals surface area contributed by atoms with Crippen LogP contribution >= 0.6 is 12.2 Å². The predicted octanol–water partition coefficient (Wildman–Crippen LogP) is 1.67. The highest BCUT2D eigenvalue weighted by Crippen LogP contribution is 2.16. The van der Waals surface area contributed by atoms with E-state index >= 15 is 0 Å². The second-order valence-electron chi connectivity index (χ2n) is 3.15. The number of nitrogens with zero attached hydrogens (tertiary/aromatic N) is 1. The average Bonchev–Trinajstić information content (AvgIpc) is 2.18. The Hall–Kier alpha value is -1.29. The standard InChI is InChI=1S/C10H15N3S/c1-11-10(14)12-8-5-4-6-9(7-8)13(2)3/h4-7H,1-3H3,(H2,11,12,14). The molecule has 0 aliphatic heterocycles. The van der Waals surface area contributed by atoms with Crippen molar-refractivity contribution < 1.29 is 0 Å². The molecule has 2 N–H and O–H groups in total. The molecule has 1 aromatic carbocycles. The van der Waals surface area contributed by atoms with Crippen LogP contribution in [0.15, 0.2) is 24.3 Å². The average molecular weight is 209 g/mol. The van der Waals surface area contributed by atoms with Crippen LogP contribution in [0.5, 0.6) is 0 Å². The van der Waals surface area contributed by atoms with Gasteiger partial charge in [-0.15, -0.1) is 0 Å². The SMILES string of the molecule is CNC(=S)Nc1cccc(N(C)C)c1. The Labute approximate surface area is 90.1 Å².